The SMILES string of the molecule is O=C(Nc1nnc(-c2cnc(NC3Cc4ccccc4C3)nc2)s1)[C@H]1CCc2[nH]nnc2C1. The molecule has 33 heavy (non-hydrogen) atoms. The number of aromatic nitrogens is 7. The monoisotopic (exact) mass is 459 g/mol. The largest absolute Gasteiger partial charge is 0.351 e. The number of carbonyl (C=O) groups excluding carboxylic acids is 1. The van der Waals surface area contributed by atoms with Crippen LogP contribution in [-0.4, -0.2) is 47.5 Å². The van der Waals surface area contributed by atoms with Crippen molar-refractivity contribution < 1.29 is 4.79 Å². The highest BCUT2D eigenvalue weighted by molar-refractivity contribution is 7.18. The molecule has 166 valence electrons. The minimum absolute atomic E-state index is 0.0697. The number of nitrogens with zero attached hydrogens (tertiary/aromatic N) is 6. The molecule has 2 aliphatic carbocycles. The number of aromatic amines is 1. The third kappa shape index (κ3) is 4.07. The summed E-state index contributed by atoms with van der Waals surface area (Å²) in [5.74, 6) is 0.379. The summed E-state index contributed by atoms with van der Waals surface area (Å²) in [5.41, 5.74) is 5.41. The topological polar surface area (TPSA) is 134 Å². The van der Waals surface area contributed by atoms with Crippen molar-refractivity contribution in [2.75, 3.05) is 10.6 Å². The highest BCUT2D eigenvalue weighted by Gasteiger charge is 2.27. The molecule has 0 bridgehead atoms. The van der Waals surface area contributed by atoms with Gasteiger partial charge < -0.3 is 10.6 Å². The minimum atomic E-state index is -0.148. The van der Waals surface area contributed by atoms with Crippen molar-refractivity contribution in [2.45, 2.75) is 38.1 Å². The molecule has 0 unspecified atom stereocenters. The fourth-order valence-electron chi connectivity index (χ4n) is 4.47. The van der Waals surface area contributed by atoms with E-state index in [9.17, 15) is 4.79 Å². The van der Waals surface area contributed by atoms with Crippen LogP contribution in [0, 0.1) is 5.92 Å². The van der Waals surface area contributed by atoms with E-state index in [4.69, 9.17) is 0 Å². The van der Waals surface area contributed by atoms with Gasteiger partial charge in [-0.05, 0) is 36.8 Å². The van der Waals surface area contributed by atoms with Crippen LogP contribution in [0.25, 0.3) is 10.6 Å². The summed E-state index contributed by atoms with van der Waals surface area (Å²) in [7, 11) is 0. The molecular weight excluding hydrogens is 438 g/mol. The third-order valence-electron chi connectivity index (χ3n) is 6.20. The van der Waals surface area contributed by atoms with Crippen molar-refractivity contribution in [2.24, 2.45) is 5.92 Å². The van der Waals surface area contributed by atoms with Crippen LogP contribution in [0.2, 0.25) is 0 Å². The van der Waals surface area contributed by atoms with Gasteiger partial charge in [0, 0.05) is 36.3 Å². The molecule has 3 N–H and O–H groups in total. The van der Waals surface area contributed by atoms with Gasteiger partial charge in [-0.1, -0.05) is 40.8 Å². The van der Waals surface area contributed by atoms with E-state index in [0.717, 1.165) is 42.6 Å². The highest BCUT2D eigenvalue weighted by atomic mass is 32.1. The maximum absolute atomic E-state index is 12.7. The summed E-state index contributed by atoms with van der Waals surface area (Å²) in [5, 5.41) is 26.5. The van der Waals surface area contributed by atoms with Crippen molar-refractivity contribution in [3.05, 3.63) is 59.2 Å². The van der Waals surface area contributed by atoms with Crippen LogP contribution in [0.4, 0.5) is 11.1 Å². The molecule has 0 aliphatic heterocycles. The molecule has 0 saturated heterocycles. The lowest BCUT2D eigenvalue weighted by Gasteiger charge is -2.18. The van der Waals surface area contributed by atoms with Crippen LogP contribution in [0.5, 0.6) is 0 Å². The van der Waals surface area contributed by atoms with E-state index in [2.05, 4.69) is 70.5 Å². The number of nitrogens with one attached hydrogen (secondary N) is 3. The summed E-state index contributed by atoms with van der Waals surface area (Å²) in [6.07, 6.45) is 7.51. The Hall–Kier alpha value is -3.73. The first kappa shape index (κ1) is 19.9. The standard InChI is InChI=1S/C22H21N9OS/c32-19(14-5-6-17-18(9-14)28-31-27-17)26-22-30-29-20(33-22)15-10-23-21(24-11-15)25-16-7-12-3-1-2-4-13(12)8-16/h1-4,10-11,14,16H,5-9H2,(H,23,24,25)(H,26,30,32)(H,27,28,31)/t14-/m0/s1. The molecule has 2 aliphatic rings. The smallest absolute Gasteiger partial charge is 0.229 e. The van der Waals surface area contributed by atoms with Gasteiger partial charge >= 0.3 is 0 Å². The van der Waals surface area contributed by atoms with Gasteiger partial charge in [-0.3, -0.25) is 9.89 Å². The number of hydrogen-bond donors (Lipinski definition) is 3. The summed E-state index contributed by atoms with van der Waals surface area (Å²) in [4.78, 5) is 21.6. The Morgan fingerprint density at radius 3 is 2.61 bits per heavy atom. The van der Waals surface area contributed by atoms with Gasteiger partial charge in [0.05, 0.1) is 11.4 Å². The molecule has 10 nitrogen and oxygen atoms in total. The molecule has 6 rings (SSSR count). The summed E-state index contributed by atoms with van der Waals surface area (Å²) < 4.78 is 0. The molecule has 4 aromatic rings. The zero-order valence-corrected chi connectivity index (χ0v) is 18.5. The lowest BCUT2D eigenvalue weighted by atomic mass is 9.89. The highest BCUT2D eigenvalue weighted by Crippen LogP contribution is 2.28. The number of H-pyrrole nitrogens is 1. The maximum Gasteiger partial charge on any atom is 0.229 e. The van der Waals surface area contributed by atoms with Crippen LogP contribution >= 0.6 is 11.3 Å². The van der Waals surface area contributed by atoms with Crippen molar-refractivity contribution in [3.8, 4) is 10.6 Å². The number of hydrogen-bond acceptors (Lipinski definition) is 9. The van der Waals surface area contributed by atoms with E-state index < -0.39 is 0 Å². The van der Waals surface area contributed by atoms with Gasteiger partial charge in [0.2, 0.25) is 17.0 Å². The molecule has 0 fully saturated rings. The number of anilines is 2. The first-order valence-electron chi connectivity index (χ1n) is 10.9. The molecule has 0 radical (unpaired) electrons. The van der Waals surface area contributed by atoms with Gasteiger partial charge in [0.25, 0.3) is 0 Å². The predicted molar refractivity (Wildman–Crippen MR) is 123 cm³/mol. The van der Waals surface area contributed by atoms with Gasteiger partial charge in [-0.15, -0.1) is 15.3 Å². The molecule has 3 heterocycles. The van der Waals surface area contributed by atoms with Crippen molar-refractivity contribution in [1.82, 2.24) is 35.6 Å². The zero-order valence-electron chi connectivity index (χ0n) is 17.7. The maximum atomic E-state index is 12.7. The summed E-state index contributed by atoms with van der Waals surface area (Å²) >= 11 is 1.31. The third-order valence-corrected chi connectivity index (χ3v) is 7.08. The van der Waals surface area contributed by atoms with Crippen molar-refractivity contribution >= 4 is 28.3 Å². The molecular formula is C22H21N9OS. The van der Waals surface area contributed by atoms with E-state index in [1.165, 1.54) is 22.5 Å². The normalized spacial score (nSPS) is 17.4. The summed E-state index contributed by atoms with van der Waals surface area (Å²) in [6, 6.07) is 8.80. The molecule has 1 atom stereocenters. The van der Waals surface area contributed by atoms with Gasteiger partial charge in [0.15, 0.2) is 5.01 Å². The quantitative estimate of drug-likeness (QED) is 0.414. The Balaban J connectivity index is 1.07. The number of aryl methyl sites for hydroxylation is 1. The van der Waals surface area contributed by atoms with Crippen molar-refractivity contribution in [3.63, 3.8) is 0 Å². The fourth-order valence-corrected chi connectivity index (χ4v) is 5.19. The Morgan fingerprint density at radius 1 is 1.03 bits per heavy atom. The van der Waals surface area contributed by atoms with E-state index in [-0.39, 0.29) is 11.8 Å². The first-order chi connectivity index (χ1) is 16.2. The predicted octanol–water partition coefficient (Wildman–Crippen LogP) is 2.44. The van der Waals surface area contributed by atoms with Gasteiger partial charge in [-0.25, -0.2) is 9.97 Å². The lowest BCUT2D eigenvalue weighted by molar-refractivity contribution is -0.120. The van der Waals surface area contributed by atoms with E-state index in [1.54, 1.807) is 12.4 Å². The Bertz CT molecular complexity index is 1270. The van der Waals surface area contributed by atoms with Gasteiger partial charge in [0.1, 0.15) is 0 Å². The lowest BCUT2D eigenvalue weighted by Crippen LogP contribution is -2.28. The molecule has 1 amide bonds. The van der Waals surface area contributed by atoms with E-state index >= 15 is 0 Å². The molecule has 0 spiro atoms. The number of fused-ring (bicyclic) bond motifs is 2. The van der Waals surface area contributed by atoms with Crippen LogP contribution in [0.15, 0.2) is 36.7 Å². The van der Waals surface area contributed by atoms with Crippen LogP contribution in [0.1, 0.15) is 28.9 Å². The fraction of sp³-hybridized carbons (Fsp3) is 0.318. The van der Waals surface area contributed by atoms with Crippen LogP contribution in [0.3, 0.4) is 0 Å². The average Bonchev–Trinajstić information content (AvgIpc) is 3.58. The van der Waals surface area contributed by atoms with Crippen molar-refractivity contribution in [1.29, 1.82) is 0 Å². The second-order valence-corrected chi connectivity index (χ2v) is 9.37. The Kier molecular flexibility index (Phi) is 5.02. The van der Waals surface area contributed by atoms with E-state index in [1.807, 2.05) is 0 Å². The molecule has 1 aromatic carbocycles. The number of rotatable bonds is 5. The number of amides is 1. The number of carbonyl (C=O) groups is 1. The Labute approximate surface area is 193 Å². The second-order valence-electron chi connectivity index (χ2n) is 8.39. The van der Waals surface area contributed by atoms with E-state index in [0.29, 0.717) is 28.6 Å². The molecule has 11 heteroatoms. The van der Waals surface area contributed by atoms with Crippen LogP contribution < -0.4 is 10.6 Å². The zero-order chi connectivity index (χ0) is 22.2. The first-order valence-corrected chi connectivity index (χ1v) is 11.7. The minimum Gasteiger partial charge on any atom is -0.351 e. The van der Waals surface area contributed by atoms with Gasteiger partial charge in [-0.2, -0.15) is 0 Å². The molecule has 0 saturated carbocycles. The van der Waals surface area contributed by atoms with Crippen LogP contribution in [-0.2, 0) is 30.5 Å². The summed E-state index contributed by atoms with van der Waals surface area (Å²) in [6.45, 7) is 0. The molecule has 3 aromatic heterocycles. The second kappa shape index (κ2) is 8.32. The Morgan fingerprint density at radius 2 is 1.82 bits per heavy atom. The average molecular weight is 460 g/mol. The number of benzene rings is 1.